The Morgan fingerprint density at radius 2 is 2.00 bits per heavy atom. The number of hydrogen-bond acceptors (Lipinski definition) is 3. The number of carboxylic acids is 1. The maximum absolute atomic E-state index is 12.5. The number of carboxylic acid groups (broad SMARTS) is 1. The van der Waals surface area contributed by atoms with Crippen LogP contribution in [-0.2, 0) is 11.0 Å². The summed E-state index contributed by atoms with van der Waals surface area (Å²) in [5.74, 6) is -2.23. The zero-order valence-corrected chi connectivity index (χ0v) is 10.5. The van der Waals surface area contributed by atoms with Gasteiger partial charge in [0.15, 0.2) is 0 Å². The molecule has 0 spiro atoms. The fraction of sp³-hybridized carbons (Fsp3) is 0.333. The van der Waals surface area contributed by atoms with E-state index in [0.717, 1.165) is 6.07 Å². The van der Waals surface area contributed by atoms with Crippen molar-refractivity contribution in [2.24, 2.45) is 5.73 Å². The van der Waals surface area contributed by atoms with Crippen LogP contribution in [0.1, 0.15) is 29.3 Å². The van der Waals surface area contributed by atoms with E-state index in [2.05, 4.69) is 5.32 Å². The first-order chi connectivity index (χ1) is 9.16. The number of halogens is 3. The molecule has 110 valence electrons. The monoisotopic (exact) mass is 290 g/mol. The highest BCUT2D eigenvalue weighted by Gasteiger charge is 2.32. The number of alkyl halides is 3. The van der Waals surface area contributed by atoms with E-state index in [1.54, 1.807) is 6.92 Å². The molecule has 1 aromatic carbocycles. The zero-order valence-electron chi connectivity index (χ0n) is 10.5. The molecule has 0 fully saturated rings. The summed E-state index contributed by atoms with van der Waals surface area (Å²) in [5.41, 5.74) is 3.48. The van der Waals surface area contributed by atoms with E-state index in [4.69, 9.17) is 10.8 Å². The van der Waals surface area contributed by atoms with Crippen molar-refractivity contribution in [3.63, 3.8) is 0 Å². The van der Waals surface area contributed by atoms with E-state index >= 15 is 0 Å². The number of anilines is 1. The molecule has 0 bridgehead atoms. The van der Waals surface area contributed by atoms with Crippen LogP contribution in [0, 0.1) is 0 Å². The highest BCUT2D eigenvalue weighted by atomic mass is 19.4. The number of nitrogens with two attached hydrogens (primary N) is 1. The summed E-state index contributed by atoms with van der Waals surface area (Å²) in [6, 6.07) is 1.19. The summed E-state index contributed by atoms with van der Waals surface area (Å²) in [5, 5.41) is 11.1. The van der Waals surface area contributed by atoms with Crippen LogP contribution in [0.5, 0.6) is 0 Å². The number of carbonyl (C=O) groups is 2. The van der Waals surface area contributed by atoms with E-state index < -0.39 is 35.2 Å². The van der Waals surface area contributed by atoms with Crippen molar-refractivity contribution in [3.05, 3.63) is 29.3 Å². The van der Waals surface area contributed by atoms with Gasteiger partial charge in [-0.3, -0.25) is 4.79 Å². The minimum Gasteiger partial charge on any atom is -0.478 e. The van der Waals surface area contributed by atoms with Crippen LogP contribution in [0.15, 0.2) is 18.2 Å². The van der Waals surface area contributed by atoms with Crippen LogP contribution in [0.4, 0.5) is 18.9 Å². The predicted molar refractivity (Wildman–Crippen MR) is 65.3 cm³/mol. The van der Waals surface area contributed by atoms with Crippen molar-refractivity contribution in [1.29, 1.82) is 0 Å². The van der Waals surface area contributed by atoms with E-state index in [-0.39, 0.29) is 5.69 Å². The van der Waals surface area contributed by atoms with Crippen LogP contribution >= 0.6 is 0 Å². The fourth-order valence-electron chi connectivity index (χ4n) is 1.42. The molecule has 1 rings (SSSR count). The lowest BCUT2D eigenvalue weighted by atomic mass is 10.1. The topological polar surface area (TPSA) is 92.4 Å². The molecule has 0 saturated carbocycles. The third kappa shape index (κ3) is 3.70. The lowest BCUT2D eigenvalue weighted by Gasteiger charge is -2.14. The molecule has 5 nitrogen and oxygen atoms in total. The second-order valence-corrected chi connectivity index (χ2v) is 4.07. The Kier molecular flexibility index (Phi) is 4.72. The number of hydrogen-bond donors (Lipinski definition) is 3. The van der Waals surface area contributed by atoms with E-state index in [1.165, 1.54) is 0 Å². The summed E-state index contributed by atoms with van der Waals surface area (Å²) >= 11 is 0. The first-order valence-corrected chi connectivity index (χ1v) is 5.67. The van der Waals surface area contributed by atoms with Gasteiger partial charge in [0.25, 0.3) is 0 Å². The molecular weight excluding hydrogens is 277 g/mol. The average Bonchev–Trinajstić information content (AvgIpc) is 2.36. The van der Waals surface area contributed by atoms with Crippen molar-refractivity contribution in [3.8, 4) is 0 Å². The number of amides is 1. The number of carbonyl (C=O) groups excluding carboxylic acids is 1. The normalized spacial score (nSPS) is 12.8. The summed E-state index contributed by atoms with van der Waals surface area (Å²) in [4.78, 5) is 22.5. The van der Waals surface area contributed by atoms with Gasteiger partial charge in [0, 0.05) is 0 Å². The molecule has 0 aromatic heterocycles. The molecule has 8 heteroatoms. The van der Waals surface area contributed by atoms with E-state index in [1.807, 2.05) is 0 Å². The summed E-state index contributed by atoms with van der Waals surface area (Å²) in [6.07, 6.45) is -4.35. The van der Waals surface area contributed by atoms with Gasteiger partial charge in [-0.25, -0.2) is 4.79 Å². The van der Waals surface area contributed by atoms with Gasteiger partial charge >= 0.3 is 12.1 Å². The van der Waals surface area contributed by atoms with Gasteiger partial charge in [-0.1, -0.05) is 6.92 Å². The maximum atomic E-state index is 12.5. The molecule has 1 atom stereocenters. The zero-order chi connectivity index (χ0) is 15.5. The fourth-order valence-corrected chi connectivity index (χ4v) is 1.42. The molecule has 1 aromatic rings. The Morgan fingerprint density at radius 3 is 2.45 bits per heavy atom. The smallest absolute Gasteiger partial charge is 0.416 e. The molecule has 0 saturated heterocycles. The lowest BCUT2D eigenvalue weighted by molar-refractivity contribution is -0.137. The molecular formula is C12H13F3N2O3. The minimum absolute atomic E-state index is 0.223. The van der Waals surface area contributed by atoms with Crippen molar-refractivity contribution >= 4 is 17.6 Å². The minimum atomic E-state index is -4.66. The van der Waals surface area contributed by atoms with Crippen molar-refractivity contribution in [2.45, 2.75) is 25.6 Å². The molecule has 1 amide bonds. The Bertz CT molecular complexity index is 529. The number of benzene rings is 1. The summed E-state index contributed by atoms with van der Waals surface area (Å²) < 4.78 is 37.5. The average molecular weight is 290 g/mol. The van der Waals surface area contributed by atoms with Crippen LogP contribution in [0.25, 0.3) is 0 Å². The lowest BCUT2D eigenvalue weighted by Crippen LogP contribution is -2.35. The quantitative estimate of drug-likeness (QED) is 0.791. The highest BCUT2D eigenvalue weighted by molar-refractivity contribution is 6.02. The molecule has 0 radical (unpaired) electrons. The highest BCUT2D eigenvalue weighted by Crippen LogP contribution is 2.31. The number of aromatic carboxylic acids is 1. The van der Waals surface area contributed by atoms with Gasteiger partial charge in [-0.2, -0.15) is 13.2 Å². The van der Waals surface area contributed by atoms with Crippen LogP contribution < -0.4 is 11.1 Å². The first kappa shape index (κ1) is 16.0. The number of rotatable bonds is 4. The van der Waals surface area contributed by atoms with E-state index in [9.17, 15) is 22.8 Å². The molecule has 4 N–H and O–H groups in total. The Labute approximate surface area is 112 Å². The maximum Gasteiger partial charge on any atom is 0.416 e. The van der Waals surface area contributed by atoms with Gasteiger partial charge in [0.05, 0.1) is 22.9 Å². The van der Waals surface area contributed by atoms with Crippen molar-refractivity contribution in [1.82, 2.24) is 0 Å². The Hall–Kier alpha value is -2.09. The summed E-state index contributed by atoms with van der Waals surface area (Å²) in [6.45, 7) is 1.65. The Morgan fingerprint density at radius 1 is 1.40 bits per heavy atom. The van der Waals surface area contributed by atoms with Gasteiger partial charge in [-0.05, 0) is 24.6 Å². The third-order valence-corrected chi connectivity index (χ3v) is 2.61. The predicted octanol–water partition coefficient (Wildman–Crippen LogP) is 2.08. The largest absolute Gasteiger partial charge is 0.478 e. The Balaban J connectivity index is 3.15. The first-order valence-electron chi connectivity index (χ1n) is 5.67. The molecule has 0 heterocycles. The summed E-state index contributed by atoms with van der Waals surface area (Å²) in [7, 11) is 0. The van der Waals surface area contributed by atoms with Crippen molar-refractivity contribution < 1.29 is 27.9 Å². The van der Waals surface area contributed by atoms with Crippen molar-refractivity contribution in [2.75, 3.05) is 5.32 Å². The standard InChI is InChI=1S/C12H13F3N2O3/c1-2-8(16)10(18)17-9-4-3-6(12(13,14)15)5-7(9)11(19)20/h3-5,8H,2,16H2,1H3,(H,17,18)(H,19,20)/t8-/m1/s1. The molecule has 0 unspecified atom stereocenters. The number of nitrogens with one attached hydrogen (secondary N) is 1. The van der Waals surface area contributed by atoms with E-state index in [0.29, 0.717) is 18.6 Å². The van der Waals surface area contributed by atoms with Gasteiger partial charge in [-0.15, -0.1) is 0 Å². The molecule has 0 aliphatic carbocycles. The third-order valence-electron chi connectivity index (χ3n) is 2.61. The second kappa shape index (κ2) is 5.91. The van der Waals surface area contributed by atoms with Crippen LogP contribution in [-0.4, -0.2) is 23.0 Å². The van der Waals surface area contributed by atoms with Crippen LogP contribution in [0.3, 0.4) is 0 Å². The second-order valence-electron chi connectivity index (χ2n) is 4.07. The molecule has 0 aliphatic heterocycles. The molecule has 20 heavy (non-hydrogen) atoms. The SMILES string of the molecule is CC[C@@H](N)C(=O)Nc1ccc(C(F)(F)F)cc1C(=O)O. The van der Waals surface area contributed by atoms with Crippen LogP contribution in [0.2, 0.25) is 0 Å². The van der Waals surface area contributed by atoms with Gasteiger partial charge in [0.2, 0.25) is 5.91 Å². The molecule has 0 aliphatic rings. The van der Waals surface area contributed by atoms with Gasteiger partial charge in [0.1, 0.15) is 0 Å². The van der Waals surface area contributed by atoms with Gasteiger partial charge < -0.3 is 16.2 Å².